The Balaban J connectivity index is 0. The van der Waals surface area contributed by atoms with Crippen molar-refractivity contribution < 1.29 is 77.2 Å². The summed E-state index contributed by atoms with van der Waals surface area (Å²) in [7, 11) is 1.50. The van der Waals surface area contributed by atoms with Gasteiger partial charge in [-0.3, -0.25) is 0 Å². The molecule has 0 amide bonds. The standard InChI is InChI=1S/2C13H9.2C9H11.2C2H7Si.4ClH.2Zr/c2*1-3-7-12-10(5-1)9-11-6-2-4-8-13(11)12;2*1-2-5-9-7-3-6-8(9)4-1;2*1-3-2;;;;;;/h2*1-9H;2*1-2,4,6,9H,3,5,7H2;2*3H,1-2H3;4*1H;;/q4*-1;;;;;;;2*+3/p-2. The van der Waals surface area contributed by atoms with Gasteiger partial charge in [-0.15, -0.1) is 141 Å². The van der Waals surface area contributed by atoms with Gasteiger partial charge in [-0.05, 0) is 24.7 Å². The Hall–Kier alpha value is -1.32. The normalized spacial score (nSPS) is 15.8. The average Bonchev–Trinajstić information content (AvgIpc) is 3.97. The van der Waals surface area contributed by atoms with Crippen LogP contribution in [-0.2, 0) is 52.4 Å². The molecular weight excluding hydrogens is 957 g/mol. The van der Waals surface area contributed by atoms with Gasteiger partial charge in [-0.25, -0.2) is 36.1 Å². The van der Waals surface area contributed by atoms with Crippen LogP contribution in [-0.4, -0.2) is 19.0 Å². The maximum atomic E-state index is 2.37. The number of allylic oxidation sites excluding steroid dienone is 8. The molecule has 0 N–H and O–H groups in total. The minimum Gasteiger partial charge on any atom is -1.00 e. The third-order valence-electron chi connectivity index (χ3n) is 9.47. The van der Waals surface area contributed by atoms with E-state index in [0.29, 0.717) is 0 Å². The molecule has 0 saturated heterocycles. The van der Waals surface area contributed by atoms with Crippen LogP contribution in [0.2, 0.25) is 26.2 Å². The molecule has 0 spiro atoms. The van der Waals surface area contributed by atoms with E-state index in [9.17, 15) is 0 Å². The van der Waals surface area contributed by atoms with E-state index in [1.54, 1.807) is 11.1 Å². The first-order valence-corrected chi connectivity index (χ1v) is 23.2. The van der Waals surface area contributed by atoms with Crippen LogP contribution in [0.5, 0.6) is 0 Å². The van der Waals surface area contributed by atoms with Crippen molar-refractivity contribution in [2.75, 3.05) is 0 Å². The molecule has 4 aliphatic carbocycles. The zero-order valence-corrected chi connectivity index (χ0v) is 43.5. The number of halogens is 4. The predicted molar refractivity (Wildman–Crippen MR) is 244 cm³/mol. The second-order valence-electron chi connectivity index (χ2n) is 13.4. The summed E-state index contributed by atoms with van der Waals surface area (Å²) in [6.07, 6.45) is 26.1. The van der Waals surface area contributed by atoms with Crippen LogP contribution < -0.4 is 24.8 Å². The van der Waals surface area contributed by atoms with Gasteiger partial charge >= 0.3 is 52.4 Å². The molecule has 2 atom stereocenters. The van der Waals surface area contributed by atoms with Crippen LogP contribution in [0.4, 0.5) is 0 Å². The molecule has 0 aliphatic heterocycles. The van der Waals surface area contributed by atoms with E-state index in [0.717, 1.165) is 30.9 Å². The van der Waals surface area contributed by atoms with Crippen molar-refractivity contribution in [3.05, 3.63) is 170 Å². The molecule has 2 unspecified atom stereocenters. The van der Waals surface area contributed by atoms with E-state index >= 15 is 0 Å². The van der Waals surface area contributed by atoms with E-state index < -0.39 is 0 Å². The Morgan fingerprint density at radius 3 is 1.00 bits per heavy atom. The van der Waals surface area contributed by atoms with E-state index in [4.69, 9.17) is 0 Å². The molecule has 56 heavy (non-hydrogen) atoms. The molecule has 4 radical (unpaired) electrons. The molecular formula is C48H56Cl4Si2Zr2. The van der Waals surface area contributed by atoms with Crippen molar-refractivity contribution in [3.8, 4) is 0 Å². The molecule has 10 rings (SSSR count). The molecule has 6 aromatic carbocycles. The minimum absolute atomic E-state index is 0. The number of fused-ring (bicyclic) bond motifs is 8. The smallest absolute Gasteiger partial charge is 1.00 e. The van der Waals surface area contributed by atoms with Gasteiger partial charge < -0.3 is 24.8 Å². The van der Waals surface area contributed by atoms with Crippen LogP contribution in [0.25, 0.3) is 43.1 Å². The van der Waals surface area contributed by atoms with Crippen molar-refractivity contribution in [1.29, 1.82) is 0 Å². The number of rotatable bonds is 0. The van der Waals surface area contributed by atoms with Gasteiger partial charge in [0.15, 0.2) is 0 Å². The Kier molecular flexibility index (Phi) is 32.0. The third kappa shape index (κ3) is 16.4. The molecule has 0 aromatic heterocycles. The largest absolute Gasteiger partial charge is 3.00 e. The van der Waals surface area contributed by atoms with Crippen LogP contribution in [0.3, 0.4) is 0 Å². The first kappa shape index (κ1) is 56.8. The summed E-state index contributed by atoms with van der Waals surface area (Å²) in [5, 5.41) is 10.8. The van der Waals surface area contributed by atoms with Crippen LogP contribution in [0.1, 0.15) is 38.5 Å². The second-order valence-corrected chi connectivity index (χ2v) is 15.7. The van der Waals surface area contributed by atoms with Gasteiger partial charge in [0, 0.05) is 19.0 Å². The van der Waals surface area contributed by atoms with E-state index in [-0.39, 0.29) is 102 Å². The van der Waals surface area contributed by atoms with Crippen molar-refractivity contribution in [2.45, 2.75) is 64.7 Å². The Bertz CT molecular complexity index is 1810. The Morgan fingerprint density at radius 2 is 0.732 bits per heavy atom. The first-order chi connectivity index (χ1) is 24.7. The number of benzene rings is 4. The number of hydrogen-bond donors (Lipinski definition) is 0. The summed E-state index contributed by atoms with van der Waals surface area (Å²) in [4.78, 5) is 0. The van der Waals surface area contributed by atoms with Crippen molar-refractivity contribution in [3.63, 3.8) is 0 Å². The fourth-order valence-electron chi connectivity index (χ4n) is 7.14. The van der Waals surface area contributed by atoms with Gasteiger partial charge in [0.1, 0.15) is 0 Å². The molecule has 4 aliphatic rings. The summed E-state index contributed by atoms with van der Waals surface area (Å²) >= 11 is 0. The van der Waals surface area contributed by atoms with Gasteiger partial charge in [0.05, 0.1) is 0 Å². The van der Waals surface area contributed by atoms with Gasteiger partial charge in [-0.1, -0.05) is 112 Å². The predicted octanol–water partition coefficient (Wildman–Crippen LogP) is 8.28. The molecule has 8 heteroatoms. The van der Waals surface area contributed by atoms with Crippen LogP contribution in [0, 0.1) is 24.7 Å². The Morgan fingerprint density at radius 1 is 0.464 bits per heavy atom. The van der Waals surface area contributed by atoms with Crippen LogP contribution >= 0.6 is 24.8 Å². The summed E-state index contributed by atoms with van der Waals surface area (Å²) in [5.41, 5.74) is 3.16. The first-order valence-electron chi connectivity index (χ1n) is 18.6. The van der Waals surface area contributed by atoms with Crippen molar-refractivity contribution in [1.82, 2.24) is 0 Å². The Labute approximate surface area is 406 Å². The molecule has 0 bridgehead atoms. The summed E-state index contributed by atoms with van der Waals surface area (Å²) in [6, 6.07) is 38.5. The zero-order chi connectivity index (χ0) is 35.0. The molecule has 2 fully saturated rings. The second kappa shape index (κ2) is 31.6. The summed E-state index contributed by atoms with van der Waals surface area (Å²) in [5.74, 6) is 1.77. The molecule has 0 heterocycles. The summed E-state index contributed by atoms with van der Waals surface area (Å²) in [6.45, 7) is 8.83. The average molecular weight is 1010 g/mol. The van der Waals surface area contributed by atoms with Gasteiger partial charge in [-0.2, -0.15) is 0 Å². The van der Waals surface area contributed by atoms with Crippen molar-refractivity contribution in [2.24, 2.45) is 11.8 Å². The van der Waals surface area contributed by atoms with Crippen LogP contribution in [0.15, 0.2) is 157 Å². The number of hydrogen-bond acceptors (Lipinski definition) is 0. The molecule has 292 valence electrons. The SMILES string of the molecule is C1=CCC2CC[CH-]C2=C1.C1=CCC2CC[CH-]C2=C1.C[SiH]C.C[SiH]C.Cl.Cl.[Cl-].[Cl-].[Zr+3].[Zr+3].c1ccc2c(c1)[cH-]c1ccccc12.c1ccc2c(c1)[cH-]c1ccccc12. The van der Waals surface area contributed by atoms with Gasteiger partial charge in [0.25, 0.3) is 0 Å². The summed E-state index contributed by atoms with van der Waals surface area (Å²) < 4.78 is 0. The maximum Gasteiger partial charge on any atom is 3.00 e. The zero-order valence-electron chi connectivity index (χ0n) is 33.1. The monoisotopic (exact) mass is 1010 g/mol. The van der Waals surface area contributed by atoms with E-state index in [1.807, 2.05) is 0 Å². The quantitative estimate of drug-likeness (QED) is 0.106. The van der Waals surface area contributed by atoms with Gasteiger partial charge in [0.2, 0.25) is 0 Å². The van der Waals surface area contributed by atoms with E-state index in [1.165, 1.54) is 81.6 Å². The van der Waals surface area contributed by atoms with E-state index in [2.05, 4.69) is 185 Å². The third-order valence-corrected chi connectivity index (χ3v) is 9.47. The molecule has 0 nitrogen and oxygen atoms in total. The fourth-order valence-corrected chi connectivity index (χ4v) is 7.14. The molecule has 2 saturated carbocycles. The topological polar surface area (TPSA) is 0 Å². The fraction of sp³-hybridized carbons (Fsp3) is 0.250. The molecule has 6 aromatic rings. The maximum absolute atomic E-state index is 2.37. The minimum atomic E-state index is 0. The van der Waals surface area contributed by atoms with Crippen molar-refractivity contribution >= 4 is 86.9 Å².